The Morgan fingerprint density at radius 3 is 2.64 bits per heavy atom. The molecule has 0 spiro atoms. The number of halogens is 1. The fourth-order valence-electron chi connectivity index (χ4n) is 2.13. The lowest BCUT2D eigenvalue weighted by Gasteiger charge is -2.11. The van der Waals surface area contributed by atoms with Crippen molar-refractivity contribution in [1.82, 2.24) is 14.8 Å². The number of esters is 1. The Labute approximate surface area is 150 Å². The Morgan fingerprint density at radius 1 is 1.36 bits per heavy atom. The second kappa shape index (κ2) is 7.94. The smallest absolute Gasteiger partial charge is 0.331 e. The number of nitrogens with one attached hydrogen (secondary N) is 1. The summed E-state index contributed by atoms with van der Waals surface area (Å²) in [4.78, 5) is 27.9. The van der Waals surface area contributed by atoms with E-state index in [1.807, 2.05) is 20.9 Å². The van der Waals surface area contributed by atoms with Crippen LogP contribution in [-0.2, 0) is 21.4 Å². The predicted molar refractivity (Wildman–Crippen MR) is 95.1 cm³/mol. The van der Waals surface area contributed by atoms with E-state index in [0.717, 1.165) is 17.0 Å². The zero-order chi connectivity index (χ0) is 18.6. The van der Waals surface area contributed by atoms with Crippen molar-refractivity contribution in [2.75, 3.05) is 5.32 Å². The Bertz CT molecular complexity index is 812. The number of aryl methyl sites for hydroxylation is 2. The summed E-state index contributed by atoms with van der Waals surface area (Å²) in [5.41, 5.74) is 2.59. The summed E-state index contributed by atoms with van der Waals surface area (Å²) in [6.07, 6.45) is 3.35. The average molecular weight is 363 g/mol. The molecule has 2 aromatic rings. The molecule has 1 N–H and O–H groups in total. The Hall–Kier alpha value is -2.67. The summed E-state index contributed by atoms with van der Waals surface area (Å²) in [6.45, 7) is 5.24. The number of rotatable bonds is 5. The van der Waals surface area contributed by atoms with Crippen LogP contribution in [0.15, 0.2) is 24.4 Å². The molecule has 1 atom stereocenters. The molecule has 0 aliphatic rings. The maximum Gasteiger partial charge on any atom is 0.331 e. The number of hydrogen-bond acceptors (Lipinski definition) is 5. The minimum absolute atomic E-state index is 0.328. The van der Waals surface area contributed by atoms with Crippen LogP contribution in [0.1, 0.15) is 23.9 Å². The molecular formula is C17H19ClN4O3. The number of carbonyl (C=O) groups is 2. The van der Waals surface area contributed by atoms with Crippen molar-refractivity contribution in [1.29, 1.82) is 0 Å². The Kier molecular flexibility index (Phi) is 5.93. The highest BCUT2D eigenvalue weighted by Gasteiger charge is 2.17. The number of amides is 1. The molecule has 25 heavy (non-hydrogen) atoms. The summed E-state index contributed by atoms with van der Waals surface area (Å²) < 4.78 is 6.83. The van der Waals surface area contributed by atoms with Gasteiger partial charge in [0, 0.05) is 30.6 Å². The van der Waals surface area contributed by atoms with Gasteiger partial charge in [-0.15, -0.1) is 0 Å². The van der Waals surface area contributed by atoms with E-state index in [1.54, 1.807) is 22.9 Å². The second-order valence-corrected chi connectivity index (χ2v) is 5.91. The normalized spacial score (nSPS) is 12.2. The molecule has 0 aliphatic heterocycles. The van der Waals surface area contributed by atoms with Gasteiger partial charge < -0.3 is 10.1 Å². The molecule has 7 nitrogen and oxygen atoms in total. The minimum Gasteiger partial charge on any atom is -0.449 e. The maximum absolute atomic E-state index is 12.0. The van der Waals surface area contributed by atoms with Gasteiger partial charge in [0.1, 0.15) is 5.82 Å². The van der Waals surface area contributed by atoms with Gasteiger partial charge in [-0.05, 0) is 39.0 Å². The van der Waals surface area contributed by atoms with Gasteiger partial charge in [0.15, 0.2) is 6.10 Å². The van der Waals surface area contributed by atoms with Crippen LogP contribution >= 0.6 is 11.6 Å². The van der Waals surface area contributed by atoms with Gasteiger partial charge >= 0.3 is 5.97 Å². The van der Waals surface area contributed by atoms with E-state index in [4.69, 9.17) is 16.3 Å². The van der Waals surface area contributed by atoms with E-state index < -0.39 is 18.0 Å². The first-order valence-electron chi connectivity index (χ1n) is 7.59. The molecule has 1 amide bonds. The van der Waals surface area contributed by atoms with E-state index in [9.17, 15) is 9.59 Å². The van der Waals surface area contributed by atoms with Crippen LogP contribution in [0.3, 0.4) is 0 Å². The van der Waals surface area contributed by atoms with Crippen LogP contribution in [0.4, 0.5) is 5.82 Å². The van der Waals surface area contributed by atoms with Gasteiger partial charge in [-0.2, -0.15) is 5.10 Å². The predicted octanol–water partition coefficient (Wildman–Crippen LogP) is 2.67. The highest BCUT2D eigenvalue weighted by Crippen LogP contribution is 2.14. The standard InChI is InChI=1S/C17H19ClN4O3/c1-10-14(11(2)22(4)21-10)6-8-16(23)25-12(3)17(24)20-15-7-5-13(18)9-19-15/h5-9,12H,1-4H3,(H,19,20,24)/b8-6+/t12-/m1/s1. The molecule has 2 rings (SSSR count). The van der Waals surface area contributed by atoms with Crippen LogP contribution in [0.2, 0.25) is 5.02 Å². The highest BCUT2D eigenvalue weighted by molar-refractivity contribution is 6.30. The third-order valence-corrected chi connectivity index (χ3v) is 3.82. The molecule has 0 saturated heterocycles. The number of ether oxygens (including phenoxy) is 1. The molecular weight excluding hydrogens is 344 g/mol. The topological polar surface area (TPSA) is 86.1 Å². The van der Waals surface area contributed by atoms with Crippen LogP contribution in [-0.4, -0.2) is 32.7 Å². The van der Waals surface area contributed by atoms with Crippen molar-refractivity contribution in [3.8, 4) is 0 Å². The van der Waals surface area contributed by atoms with Crippen molar-refractivity contribution in [2.45, 2.75) is 26.9 Å². The third kappa shape index (κ3) is 4.90. The minimum atomic E-state index is -0.967. The monoisotopic (exact) mass is 362 g/mol. The summed E-state index contributed by atoms with van der Waals surface area (Å²) >= 11 is 5.73. The van der Waals surface area contributed by atoms with Gasteiger partial charge in [0.05, 0.1) is 10.7 Å². The fourth-order valence-corrected chi connectivity index (χ4v) is 2.24. The molecule has 0 radical (unpaired) electrons. The molecule has 0 aliphatic carbocycles. The highest BCUT2D eigenvalue weighted by atomic mass is 35.5. The van der Waals surface area contributed by atoms with Crippen molar-refractivity contribution < 1.29 is 14.3 Å². The van der Waals surface area contributed by atoms with Gasteiger partial charge in [-0.3, -0.25) is 9.48 Å². The first-order chi connectivity index (χ1) is 11.8. The molecule has 0 bridgehead atoms. The van der Waals surface area contributed by atoms with Gasteiger partial charge in [0.2, 0.25) is 0 Å². The Morgan fingerprint density at radius 2 is 2.08 bits per heavy atom. The molecule has 0 saturated carbocycles. The number of nitrogens with zero attached hydrogens (tertiary/aromatic N) is 3. The lowest BCUT2D eigenvalue weighted by atomic mass is 10.2. The SMILES string of the molecule is Cc1nn(C)c(C)c1/C=C/C(=O)O[C@H](C)C(=O)Nc1ccc(Cl)cn1. The van der Waals surface area contributed by atoms with Crippen molar-refractivity contribution in [3.63, 3.8) is 0 Å². The third-order valence-electron chi connectivity index (χ3n) is 3.59. The Balaban J connectivity index is 1.93. The van der Waals surface area contributed by atoms with Gasteiger partial charge in [-0.1, -0.05) is 11.6 Å². The maximum atomic E-state index is 12.0. The van der Waals surface area contributed by atoms with Crippen molar-refractivity contribution in [2.24, 2.45) is 7.05 Å². The number of carbonyl (C=O) groups excluding carboxylic acids is 2. The van der Waals surface area contributed by atoms with E-state index in [1.165, 1.54) is 19.2 Å². The first kappa shape index (κ1) is 18.7. The van der Waals surface area contributed by atoms with Crippen LogP contribution in [0.25, 0.3) is 6.08 Å². The molecule has 0 unspecified atom stereocenters. The lowest BCUT2D eigenvalue weighted by Crippen LogP contribution is -2.29. The first-order valence-corrected chi connectivity index (χ1v) is 7.97. The summed E-state index contributed by atoms with van der Waals surface area (Å²) in [5.74, 6) is -0.769. The van der Waals surface area contributed by atoms with Crippen molar-refractivity contribution >= 4 is 35.4 Å². The van der Waals surface area contributed by atoms with Crippen LogP contribution in [0, 0.1) is 13.8 Å². The zero-order valence-electron chi connectivity index (χ0n) is 14.4. The summed E-state index contributed by atoms with van der Waals surface area (Å²) in [7, 11) is 1.83. The quantitative estimate of drug-likeness (QED) is 0.652. The number of pyridine rings is 1. The van der Waals surface area contributed by atoms with Crippen LogP contribution < -0.4 is 5.32 Å². The number of aromatic nitrogens is 3. The number of hydrogen-bond donors (Lipinski definition) is 1. The van der Waals surface area contributed by atoms with Gasteiger partial charge in [0.25, 0.3) is 5.91 Å². The molecule has 0 fully saturated rings. The van der Waals surface area contributed by atoms with Crippen molar-refractivity contribution in [3.05, 3.63) is 46.4 Å². The second-order valence-electron chi connectivity index (χ2n) is 5.47. The number of anilines is 1. The lowest BCUT2D eigenvalue weighted by molar-refractivity contribution is -0.148. The molecule has 132 valence electrons. The zero-order valence-corrected chi connectivity index (χ0v) is 15.2. The van der Waals surface area contributed by atoms with Gasteiger partial charge in [-0.25, -0.2) is 9.78 Å². The molecule has 8 heteroatoms. The molecule has 0 aromatic carbocycles. The van der Waals surface area contributed by atoms with E-state index in [2.05, 4.69) is 15.4 Å². The van der Waals surface area contributed by atoms with E-state index >= 15 is 0 Å². The fraction of sp³-hybridized carbons (Fsp3) is 0.294. The van der Waals surface area contributed by atoms with E-state index in [0.29, 0.717) is 10.8 Å². The van der Waals surface area contributed by atoms with E-state index in [-0.39, 0.29) is 0 Å². The summed E-state index contributed by atoms with van der Waals surface area (Å²) in [6, 6.07) is 3.16. The summed E-state index contributed by atoms with van der Waals surface area (Å²) in [5, 5.41) is 7.27. The average Bonchev–Trinajstić information content (AvgIpc) is 2.80. The largest absolute Gasteiger partial charge is 0.449 e. The molecule has 2 aromatic heterocycles. The molecule has 2 heterocycles. The van der Waals surface area contributed by atoms with Crippen LogP contribution in [0.5, 0.6) is 0 Å².